The van der Waals surface area contributed by atoms with E-state index in [0.717, 1.165) is 12.1 Å². The van der Waals surface area contributed by atoms with Gasteiger partial charge in [0.05, 0.1) is 15.6 Å². The number of nitrogens with zero attached hydrogens (tertiary/aromatic N) is 1. The second-order valence-corrected chi connectivity index (χ2v) is 5.37. The molecule has 0 aliphatic heterocycles. The average Bonchev–Trinajstić information content (AvgIpc) is 2.50. The summed E-state index contributed by atoms with van der Waals surface area (Å²) in [5.74, 6) is -1.73. The van der Waals surface area contributed by atoms with Crippen LogP contribution in [0.25, 0.3) is 0 Å². The molecule has 1 atom stereocenters. The number of amides is 1. The minimum atomic E-state index is -1.10. The summed E-state index contributed by atoms with van der Waals surface area (Å²) in [6.07, 6.45) is 0.221. The zero-order chi connectivity index (χ0) is 17.0. The second-order valence-electron chi connectivity index (χ2n) is 4.53. The molecule has 0 aliphatic rings. The molecule has 0 spiro atoms. The summed E-state index contributed by atoms with van der Waals surface area (Å²) in [4.78, 5) is 27.7. The van der Waals surface area contributed by atoms with Crippen molar-refractivity contribution in [2.45, 2.75) is 13.0 Å². The molecule has 2 aromatic rings. The number of nitrogens with one attached hydrogen (secondary N) is 1. The molecule has 2 rings (SSSR count). The minimum absolute atomic E-state index is 0.103. The highest BCUT2D eigenvalue weighted by Gasteiger charge is 2.20. The summed E-state index contributed by atoms with van der Waals surface area (Å²) < 4.78 is 17.8. The van der Waals surface area contributed by atoms with Gasteiger partial charge in [0.25, 0.3) is 5.91 Å². The molecule has 23 heavy (non-hydrogen) atoms. The maximum Gasteiger partial charge on any atom is 0.338 e. The van der Waals surface area contributed by atoms with E-state index in [2.05, 4.69) is 10.3 Å². The Morgan fingerprint density at radius 1 is 1.26 bits per heavy atom. The molecule has 0 fully saturated rings. The van der Waals surface area contributed by atoms with Crippen molar-refractivity contribution in [1.29, 1.82) is 0 Å². The SMILES string of the molecule is C[C@H](OC(=O)c1ccc(F)cc1)C(=O)Nc1ncc(Cl)cc1Cl. The molecular formula is C15H11Cl2FN2O3. The number of ether oxygens (including phenoxy) is 1. The van der Waals surface area contributed by atoms with E-state index in [4.69, 9.17) is 27.9 Å². The molecule has 1 amide bonds. The summed E-state index contributed by atoms with van der Waals surface area (Å²) in [6.45, 7) is 1.39. The zero-order valence-corrected chi connectivity index (χ0v) is 13.4. The van der Waals surface area contributed by atoms with Gasteiger partial charge >= 0.3 is 5.97 Å². The number of hydrogen-bond acceptors (Lipinski definition) is 4. The molecule has 0 unspecified atom stereocenters. The maximum absolute atomic E-state index is 12.8. The predicted octanol–water partition coefficient (Wildman–Crippen LogP) is 3.71. The fraction of sp³-hybridized carbons (Fsp3) is 0.133. The van der Waals surface area contributed by atoms with Gasteiger partial charge < -0.3 is 10.1 Å². The van der Waals surface area contributed by atoms with Gasteiger partial charge in [0.2, 0.25) is 0 Å². The maximum atomic E-state index is 12.8. The van der Waals surface area contributed by atoms with Crippen LogP contribution in [0.2, 0.25) is 10.0 Å². The lowest BCUT2D eigenvalue weighted by molar-refractivity contribution is -0.123. The van der Waals surface area contributed by atoms with Crippen molar-refractivity contribution in [2.75, 3.05) is 5.32 Å². The summed E-state index contributed by atoms with van der Waals surface area (Å²) in [5.41, 5.74) is 0.133. The Morgan fingerprint density at radius 3 is 2.52 bits per heavy atom. The van der Waals surface area contributed by atoms with E-state index in [1.807, 2.05) is 0 Å². The van der Waals surface area contributed by atoms with Crippen LogP contribution in [0.1, 0.15) is 17.3 Å². The van der Waals surface area contributed by atoms with Crippen molar-refractivity contribution < 1.29 is 18.7 Å². The monoisotopic (exact) mass is 356 g/mol. The first-order chi connectivity index (χ1) is 10.9. The predicted molar refractivity (Wildman–Crippen MR) is 84.2 cm³/mol. The molecule has 1 aromatic carbocycles. The van der Waals surface area contributed by atoms with E-state index in [-0.39, 0.29) is 16.4 Å². The molecule has 0 saturated heterocycles. The summed E-state index contributed by atoms with van der Waals surface area (Å²) >= 11 is 11.6. The Kier molecular flexibility index (Phi) is 5.52. The number of aromatic nitrogens is 1. The number of halogens is 3. The molecule has 1 aromatic heterocycles. The highest BCUT2D eigenvalue weighted by molar-refractivity contribution is 6.36. The standard InChI is InChI=1S/C15H11Cl2FN2O3/c1-8(23-15(22)9-2-4-11(18)5-3-9)14(21)20-13-12(17)6-10(16)7-19-13/h2-8H,1H3,(H,19,20,21)/t8-/m0/s1. The minimum Gasteiger partial charge on any atom is -0.449 e. The van der Waals surface area contributed by atoms with Gasteiger partial charge in [-0.15, -0.1) is 0 Å². The smallest absolute Gasteiger partial charge is 0.338 e. The molecule has 1 N–H and O–H groups in total. The molecule has 8 heteroatoms. The third-order valence-electron chi connectivity index (χ3n) is 2.78. The first-order valence-electron chi connectivity index (χ1n) is 6.45. The largest absolute Gasteiger partial charge is 0.449 e. The molecule has 0 aliphatic carbocycles. The summed E-state index contributed by atoms with van der Waals surface area (Å²) in [7, 11) is 0. The fourth-order valence-corrected chi connectivity index (χ4v) is 2.02. The lowest BCUT2D eigenvalue weighted by Gasteiger charge is -2.13. The fourth-order valence-electron chi connectivity index (χ4n) is 1.59. The Hall–Kier alpha value is -2.18. The highest BCUT2D eigenvalue weighted by Crippen LogP contribution is 2.22. The third kappa shape index (κ3) is 4.64. The van der Waals surface area contributed by atoms with Crippen molar-refractivity contribution >= 4 is 40.9 Å². The number of benzene rings is 1. The first kappa shape index (κ1) is 17.2. The number of carbonyl (C=O) groups is 2. The van der Waals surface area contributed by atoms with Crippen molar-refractivity contribution in [1.82, 2.24) is 4.98 Å². The van der Waals surface area contributed by atoms with Crippen molar-refractivity contribution in [3.8, 4) is 0 Å². The summed E-state index contributed by atoms with van der Waals surface area (Å²) in [6, 6.07) is 6.19. The van der Waals surface area contributed by atoms with Crippen LogP contribution in [0, 0.1) is 5.82 Å². The van der Waals surface area contributed by atoms with Crippen LogP contribution in [0.15, 0.2) is 36.5 Å². The molecule has 0 bridgehead atoms. The van der Waals surface area contributed by atoms with E-state index >= 15 is 0 Å². The normalized spacial score (nSPS) is 11.7. The van der Waals surface area contributed by atoms with Gasteiger partial charge in [-0.3, -0.25) is 4.79 Å². The van der Waals surface area contributed by atoms with Crippen molar-refractivity contribution in [3.05, 3.63) is 58.0 Å². The van der Waals surface area contributed by atoms with Crippen LogP contribution < -0.4 is 5.32 Å². The van der Waals surface area contributed by atoms with Gasteiger partial charge in [-0.2, -0.15) is 0 Å². The third-order valence-corrected chi connectivity index (χ3v) is 3.28. The number of anilines is 1. The van der Waals surface area contributed by atoms with Crippen LogP contribution in [0.5, 0.6) is 0 Å². The van der Waals surface area contributed by atoms with E-state index in [9.17, 15) is 14.0 Å². The summed E-state index contributed by atoms with van der Waals surface area (Å²) in [5, 5.41) is 2.90. The number of esters is 1. The van der Waals surface area contributed by atoms with Gasteiger partial charge in [0.1, 0.15) is 5.82 Å². The molecule has 5 nitrogen and oxygen atoms in total. The van der Waals surface area contributed by atoms with Crippen LogP contribution in [0.4, 0.5) is 10.2 Å². The first-order valence-corrected chi connectivity index (χ1v) is 7.21. The lowest BCUT2D eigenvalue weighted by atomic mass is 10.2. The van der Waals surface area contributed by atoms with Gasteiger partial charge in [-0.25, -0.2) is 14.2 Å². The Morgan fingerprint density at radius 2 is 1.91 bits per heavy atom. The number of carbonyl (C=O) groups excluding carboxylic acids is 2. The van der Waals surface area contributed by atoms with E-state index in [0.29, 0.717) is 5.02 Å². The van der Waals surface area contributed by atoms with E-state index in [1.165, 1.54) is 31.3 Å². The molecule has 0 radical (unpaired) electrons. The average molecular weight is 357 g/mol. The highest BCUT2D eigenvalue weighted by atomic mass is 35.5. The Balaban J connectivity index is 1.99. The molecular weight excluding hydrogens is 346 g/mol. The topological polar surface area (TPSA) is 68.3 Å². The Labute approximate surface area is 141 Å². The second kappa shape index (κ2) is 7.39. The van der Waals surface area contributed by atoms with Gasteiger partial charge in [-0.05, 0) is 37.3 Å². The van der Waals surface area contributed by atoms with E-state index < -0.39 is 23.8 Å². The quantitative estimate of drug-likeness (QED) is 0.847. The zero-order valence-electron chi connectivity index (χ0n) is 11.8. The van der Waals surface area contributed by atoms with Gasteiger partial charge in [0, 0.05) is 6.20 Å². The molecule has 120 valence electrons. The van der Waals surface area contributed by atoms with Gasteiger partial charge in [0.15, 0.2) is 11.9 Å². The van der Waals surface area contributed by atoms with Crippen LogP contribution in [-0.4, -0.2) is 23.0 Å². The van der Waals surface area contributed by atoms with Crippen LogP contribution in [0.3, 0.4) is 0 Å². The van der Waals surface area contributed by atoms with Crippen LogP contribution in [-0.2, 0) is 9.53 Å². The number of pyridine rings is 1. The molecule has 0 saturated carbocycles. The van der Waals surface area contributed by atoms with E-state index in [1.54, 1.807) is 0 Å². The van der Waals surface area contributed by atoms with Crippen LogP contribution >= 0.6 is 23.2 Å². The van der Waals surface area contributed by atoms with Gasteiger partial charge in [-0.1, -0.05) is 23.2 Å². The van der Waals surface area contributed by atoms with Crippen molar-refractivity contribution in [3.63, 3.8) is 0 Å². The number of rotatable bonds is 4. The van der Waals surface area contributed by atoms with Crippen molar-refractivity contribution in [2.24, 2.45) is 0 Å². The molecule has 1 heterocycles. The lowest BCUT2D eigenvalue weighted by Crippen LogP contribution is -2.30. The number of hydrogen-bond donors (Lipinski definition) is 1. The Bertz CT molecular complexity index is 738.